The molecule has 1 saturated heterocycles. The van der Waals surface area contributed by atoms with Gasteiger partial charge in [0.15, 0.2) is 0 Å². The summed E-state index contributed by atoms with van der Waals surface area (Å²) in [6.45, 7) is 1.04. The zero-order valence-corrected chi connectivity index (χ0v) is 6.88. The topological polar surface area (TPSA) is 36.1 Å². The minimum Gasteiger partial charge on any atom is -0.364 e. The molecule has 0 amide bonds. The van der Waals surface area contributed by atoms with Crippen LogP contribution in [0.25, 0.3) is 0 Å². The van der Waals surface area contributed by atoms with Crippen molar-refractivity contribution in [2.45, 2.75) is 12.5 Å². The summed E-state index contributed by atoms with van der Waals surface area (Å²) in [7, 11) is 0. The maximum absolute atomic E-state index is 3.24. The SMILES string of the molecule is C1=CC=C(C2CCNN2)NC=C1. The molecule has 0 aromatic rings. The van der Waals surface area contributed by atoms with Crippen LogP contribution >= 0.6 is 0 Å². The summed E-state index contributed by atoms with van der Waals surface area (Å²) in [4.78, 5) is 0. The molecule has 0 radical (unpaired) electrons. The molecule has 2 rings (SSSR count). The Morgan fingerprint density at radius 2 is 2.25 bits per heavy atom. The van der Waals surface area contributed by atoms with E-state index < -0.39 is 0 Å². The Labute approximate surface area is 72.2 Å². The molecule has 3 heteroatoms. The Morgan fingerprint density at radius 3 is 3.08 bits per heavy atom. The number of nitrogens with one attached hydrogen (secondary N) is 3. The molecule has 3 nitrogen and oxygen atoms in total. The van der Waals surface area contributed by atoms with E-state index in [2.05, 4.69) is 22.2 Å². The molecule has 0 aromatic carbocycles. The van der Waals surface area contributed by atoms with Gasteiger partial charge in [0, 0.05) is 18.4 Å². The largest absolute Gasteiger partial charge is 0.364 e. The number of hydrazine groups is 1. The molecule has 1 unspecified atom stereocenters. The first-order valence-corrected chi connectivity index (χ1v) is 4.25. The van der Waals surface area contributed by atoms with Gasteiger partial charge in [-0.1, -0.05) is 12.2 Å². The van der Waals surface area contributed by atoms with Crippen molar-refractivity contribution in [3.05, 3.63) is 36.2 Å². The lowest BCUT2D eigenvalue weighted by Gasteiger charge is -2.13. The van der Waals surface area contributed by atoms with E-state index in [-0.39, 0.29) is 0 Å². The summed E-state index contributed by atoms with van der Waals surface area (Å²) in [5.41, 5.74) is 7.54. The Bertz CT molecular complexity index is 234. The summed E-state index contributed by atoms with van der Waals surface area (Å²) in [6.07, 6.45) is 11.3. The smallest absolute Gasteiger partial charge is 0.0625 e. The lowest BCUT2D eigenvalue weighted by atomic mass is 10.1. The molecular weight excluding hydrogens is 150 g/mol. The van der Waals surface area contributed by atoms with Crippen molar-refractivity contribution < 1.29 is 0 Å². The van der Waals surface area contributed by atoms with E-state index in [1.54, 1.807) is 0 Å². The van der Waals surface area contributed by atoms with Gasteiger partial charge in [0.05, 0.1) is 6.04 Å². The van der Waals surface area contributed by atoms with E-state index in [9.17, 15) is 0 Å². The minimum absolute atomic E-state index is 0.428. The third-order valence-electron chi connectivity index (χ3n) is 2.05. The van der Waals surface area contributed by atoms with Gasteiger partial charge in [-0.25, -0.2) is 5.43 Å². The summed E-state index contributed by atoms with van der Waals surface area (Å²) in [6, 6.07) is 0.428. The van der Waals surface area contributed by atoms with E-state index >= 15 is 0 Å². The van der Waals surface area contributed by atoms with Crippen LogP contribution < -0.4 is 16.2 Å². The van der Waals surface area contributed by atoms with Crippen LogP contribution in [-0.4, -0.2) is 12.6 Å². The Hall–Kier alpha value is -1.06. The van der Waals surface area contributed by atoms with Crippen LogP contribution in [0, 0.1) is 0 Å². The summed E-state index contributed by atoms with van der Waals surface area (Å²) >= 11 is 0. The summed E-state index contributed by atoms with van der Waals surface area (Å²) in [5.74, 6) is 0. The molecule has 0 aromatic heterocycles. The van der Waals surface area contributed by atoms with Gasteiger partial charge in [-0.3, -0.25) is 5.43 Å². The number of hydrogen-bond acceptors (Lipinski definition) is 3. The molecule has 2 aliphatic heterocycles. The molecule has 2 aliphatic rings. The van der Waals surface area contributed by atoms with Crippen molar-refractivity contribution >= 4 is 0 Å². The van der Waals surface area contributed by atoms with Crippen LogP contribution in [-0.2, 0) is 0 Å². The highest BCUT2D eigenvalue weighted by molar-refractivity contribution is 5.24. The van der Waals surface area contributed by atoms with Gasteiger partial charge in [0.25, 0.3) is 0 Å². The first-order chi connectivity index (χ1) is 5.97. The maximum Gasteiger partial charge on any atom is 0.0625 e. The predicted octanol–water partition coefficient (Wildman–Crippen LogP) is 0.410. The van der Waals surface area contributed by atoms with Gasteiger partial charge in [0.2, 0.25) is 0 Å². The van der Waals surface area contributed by atoms with Crippen LogP contribution in [0.1, 0.15) is 6.42 Å². The molecule has 1 atom stereocenters. The molecule has 0 aliphatic carbocycles. The normalized spacial score (nSPS) is 28.0. The first-order valence-electron chi connectivity index (χ1n) is 4.25. The average Bonchev–Trinajstić information content (AvgIpc) is 2.48. The third-order valence-corrected chi connectivity index (χ3v) is 2.05. The molecule has 0 bridgehead atoms. The minimum atomic E-state index is 0.428. The van der Waals surface area contributed by atoms with E-state index in [0.717, 1.165) is 13.0 Å². The highest BCUT2D eigenvalue weighted by atomic mass is 15.4. The summed E-state index contributed by atoms with van der Waals surface area (Å²) < 4.78 is 0. The fraction of sp³-hybridized carbons (Fsp3) is 0.333. The van der Waals surface area contributed by atoms with Gasteiger partial charge in [-0.2, -0.15) is 0 Å². The zero-order chi connectivity index (χ0) is 8.23. The molecule has 0 spiro atoms. The van der Waals surface area contributed by atoms with Crippen molar-refractivity contribution in [1.82, 2.24) is 16.2 Å². The van der Waals surface area contributed by atoms with Crippen molar-refractivity contribution in [3.8, 4) is 0 Å². The number of hydrogen-bond donors (Lipinski definition) is 3. The first kappa shape index (κ1) is 7.58. The van der Waals surface area contributed by atoms with Crippen LogP contribution in [0.4, 0.5) is 0 Å². The van der Waals surface area contributed by atoms with Crippen molar-refractivity contribution in [1.29, 1.82) is 0 Å². The van der Waals surface area contributed by atoms with Crippen molar-refractivity contribution in [2.75, 3.05) is 6.54 Å². The van der Waals surface area contributed by atoms with Crippen LogP contribution in [0.5, 0.6) is 0 Å². The number of allylic oxidation sites excluding steroid dienone is 4. The van der Waals surface area contributed by atoms with E-state index in [1.165, 1.54) is 5.70 Å². The standard InChI is InChI=1S/C9H13N3/c1-2-4-8(10-6-3-1)9-5-7-11-12-9/h1-4,6,9-12H,5,7H2. The second kappa shape index (κ2) is 3.56. The van der Waals surface area contributed by atoms with Gasteiger partial charge in [0.1, 0.15) is 0 Å². The molecule has 1 fully saturated rings. The average molecular weight is 163 g/mol. The Balaban J connectivity index is 2.06. The van der Waals surface area contributed by atoms with Gasteiger partial charge in [-0.15, -0.1) is 0 Å². The van der Waals surface area contributed by atoms with Gasteiger partial charge < -0.3 is 5.32 Å². The van der Waals surface area contributed by atoms with Gasteiger partial charge >= 0.3 is 0 Å². The fourth-order valence-electron chi connectivity index (χ4n) is 1.41. The Kier molecular flexibility index (Phi) is 2.25. The zero-order valence-electron chi connectivity index (χ0n) is 6.88. The third kappa shape index (κ3) is 1.57. The summed E-state index contributed by atoms with van der Waals surface area (Å²) in [5, 5.41) is 3.24. The second-order valence-electron chi connectivity index (χ2n) is 2.92. The lowest BCUT2D eigenvalue weighted by Crippen LogP contribution is -2.34. The molecule has 0 saturated carbocycles. The van der Waals surface area contributed by atoms with E-state index in [4.69, 9.17) is 0 Å². The molecule has 2 heterocycles. The van der Waals surface area contributed by atoms with Gasteiger partial charge in [-0.05, 0) is 18.6 Å². The van der Waals surface area contributed by atoms with Crippen LogP contribution in [0.2, 0.25) is 0 Å². The van der Waals surface area contributed by atoms with E-state index in [1.807, 2.05) is 24.4 Å². The molecule has 12 heavy (non-hydrogen) atoms. The van der Waals surface area contributed by atoms with Crippen LogP contribution in [0.3, 0.4) is 0 Å². The highest BCUT2D eigenvalue weighted by Crippen LogP contribution is 2.07. The van der Waals surface area contributed by atoms with Crippen LogP contribution in [0.15, 0.2) is 36.2 Å². The Morgan fingerprint density at radius 1 is 1.25 bits per heavy atom. The number of rotatable bonds is 1. The molecule has 64 valence electrons. The fourth-order valence-corrected chi connectivity index (χ4v) is 1.41. The van der Waals surface area contributed by atoms with Crippen molar-refractivity contribution in [3.63, 3.8) is 0 Å². The highest BCUT2D eigenvalue weighted by Gasteiger charge is 2.17. The van der Waals surface area contributed by atoms with E-state index in [0.29, 0.717) is 6.04 Å². The quantitative estimate of drug-likeness (QED) is 0.524. The monoisotopic (exact) mass is 163 g/mol. The second-order valence-corrected chi connectivity index (χ2v) is 2.92. The lowest BCUT2D eigenvalue weighted by molar-refractivity contribution is 0.593. The van der Waals surface area contributed by atoms with Crippen molar-refractivity contribution in [2.24, 2.45) is 0 Å². The predicted molar refractivity (Wildman–Crippen MR) is 49.0 cm³/mol. The maximum atomic E-state index is 3.24. The molecule has 3 N–H and O–H groups in total. The molecular formula is C9H13N3.